The Balaban J connectivity index is 2.28. The number of aromatic hydroxyl groups is 1. The summed E-state index contributed by atoms with van der Waals surface area (Å²) in [5, 5.41) is 19.0. The number of benzene rings is 2. The Morgan fingerprint density at radius 3 is 2.21 bits per heavy atom. The van der Waals surface area contributed by atoms with Gasteiger partial charge in [-0.25, -0.2) is 4.79 Å². The summed E-state index contributed by atoms with van der Waals surface area (Å²) in [6, 6.07) is 14.0. The molecule has 2 aromatic carbocycles. The summed E-state index contributed by atoms with van der Waals surface area (Å²) in [7, 11) is 0. The highest BCUT2D eigenvalue weighted by atomic mass is 16.5. The van der Waals surface area contributed by atoms with E-state index in [1.54, 1.807) is 25.1 Å². The van der Waals surface area contributed by atoms with Gasteiger partial charge in [-0.3, -0.25) is 0 Å². The lowest BCUT2D eigenvalue weighted by atomic mass is 9.87. The molecule has 0 spiro atoms. The number of carbonyl (C=O) groups is 1. The molecule has 1 unspecified atom stereocenters. The van der Waals surface area contributed by atoms with Gasteiger partial charge in [-0.2, -0.15) is 0 Å². The predicted molar refractivity (Wildman–Crippen MR) is 93.6 cm³/mol. The van der Waals surface area contributed by atoms with E-state index in [9.17, 15) is 15.0 Å². The van der Waals surface area contributed by atoms with E-state index in [-0.39, 0.29) is 17.6 Å². The minimum Gasteiger partial charge on any atom is -0.508 e. The Labute approximate surface area is 142 Å². The van der Waals surface area contributed by atoms with Crippen molar-refractivity contribution in [1.82, 2.24) is 0 Å². The Morgan fingerprint density at radius 2 is 1.67 bits per heavy atom. The minimum absolute atomic E-state index is 0.0457. The van der Waals surface area contributed by atoms with E-state index >= 15 is 0 Å². The maximum Gasteiger partial charge on any atom is 0.348 e. The number of ether oxygens (including phenoxy) is 1. The van der Waals surface area contributed by atoms with Crippen molar-refractivity contribution in [3.8, 4) is 11.5 Å². The minimum atomic E-state index is -1.40. The van der Waals surface area contributed by atoms with E-state index in [1.807, 2.05) is 18.2 Å². The molecule has 2 aromatic rings. The molecule has 0 saturated heterocycles. The summed E-state index contributed by atoms with van der Waals surface area (Å²) in [5.41, 5.74) is 0.422. The van der Waals surface area contributed by atoms with Crippen LogP contribution in [0.5, 0.6) is 11.5 Å². The van der Waals surface area contributed by atoms with Gasteiger partial charge in [0.1, 0.15) is 11.5 Å². The topological polar surface area (TPSA) is 66.8 Å². The number of carboxylic acid groups (broad SMARTS) is 1. The predicted octanol–water partition coefficient (Wildman–Crippen LogP) is 4.15. The second-order valence-electron chi connectivity index (χ2n) is 7.26. The molecule has 0 bridgehead atoms. The molecule has 0 aromatic heterocycles. The number of aliphatic carboxylic acids is 1. The van der Waals surface area contributed by atoms with Crippen molar-refractivity contribution in [2.45, 2.75) is 45.1 Å². The molecule has 2 rings (SSSR count). The molecule has 1 atom stereocenters. The number of hydrogen-bond acceptors (Lipinski definition) is 3. The summed E-state index contributed by atoms with van der Waals surface area (Å²) in [5.74, 6) is -0.350. The van der Waals surface area contributed by atoms with Crippen LogP contribution in [-0.2, 0) is 16.6 Å². The second kappa shape index (κ2) is 6.56. The van der Waals surface area contributed by atoms with Crippen molar-refractivity contribution in [3.63, 3.8) is 0 Å². The lowest BCUT2D eigenvalue weighted by Gasteiger charge is -2.28. The molecule has 0 aliphatic heterocycles. The van der Waals surface area contributed by atoms with Gasteiger partial charge >= 0.3 is 5.97 Å². The van der Waals surface area contributed by atoms with E-state index in [0.29, 0.717) is 5.75 Å². The summed E-state index contributed by atoms with van der Waals surface area (Å²) in [6.07, 6.45) is 0.197. The van der Waals surface area contributed by atoms with Gasteiger partial charge in [0.15, 0.2) is 0 Å². The average molecular weight is 328 g/mol. The normalized spacial score (nSPS) is 14.0. The van der Waals surface area contributed by atoms with Crippen LogP contribution in [0.15, 0.2) is 48.5 Å². The number of hydrogen-bond donors (Lipinski definition) is 2. The van der Waals surface area contributed by atoms with E-state index < -0.39 is 11.6 Å². The van der Waals surface area contributed by atoms with Crippen LogP contribution in [0, 0.1) is 0 Å². The third-order valence-electron chi connectivity index (χ3n) is 3.97. The molecule has 0 aliphatic carbocycles. The van der Waals surface area contributed by atoms with Crippen LogP contribution in [0.2, 0.25) is 0 Å². The van der Waals surface area contributed by atoms with Gasteiger partial charge in [-0.1, -0.05) is 45.0 Å². The number of phenols is 1. The zero-order chi connectivity index (χ0) is 18.0. The fourth-order valence-electron chi connectivity index (χ4n) is 2.44. The zero-order valence-electron chi connectivity index (χ0n) is 14.5. The van der Waals surface area contributed by atoms with E-state index in [2.05, 4.69) is 20.8 Å². The highest BCUT2D eigenvalue weighted by molar-refractivity contribution is 5.78. The average Bonchev–Trinajstić information content (AvgIpc) is 2.49. The fraction of sp³-hybridized carbons (Fsp3) is 0.350. The van der Waals surface area contributed by atoms with Crippen LogP contribution < -0.4 is 4.74 Å². The number of phenolic OH excluding ortho intramolecular Hbond substituents is 1. The molecule has 0 heterocycles. The SMILES string of the molecule is CC(Cc1ccc(O)cc1)(Oc1cccc(C(C)(C)C)c1)C(=O)O. The molecule has 24 heavy (non-hydrogen) atoms. The van der Waals surface area contributed by atoms with E-state index in [0.717, 1.165) is 11.1 Å². The number of carboxylic acids is 1. The standard InChI is InChI=1S/C20H24O4/c1-19(2,3)15-6-5-7-17(12-15)24-20(4,18(22)23)13-14-8-10-16(21)11-9-14/h5-12,21H,13H2,1-4H3,(H,22,23). The number of rotatable bonds is 5. The first-order chi connectivity index (χ1) is 11.1. The maximum atomic E-state index is 11.8. The molecule has 0 saturated carbocycles. The Morgan fingerprint density at radius 1 is 1.04 bits per heavy atom. The summed E-state index contributed by atoms with van der Waals surface area (Å²) >= 11 is 0. The monoisotopic (exact) mass is 328 g/mol. The molecule has 0 amide bonds. The molecule has 2 N–H and O–H groups in total. The van der Waals surface area contributed by atoms with Crippen LogP contribution in [0.25, 0.3) is 0 Å². The molecule has 0 aliphatic rings. The largest absolute Gasteiger partial charge is 0.508 e. The highest BCUT2D eigenvalue weighted by Crippen LogP contribution is 2.29. The van der Waals surface area contributed by atoms with Gasteiger partial charge in [-0.15, -0.1) is 0 Å². The summed E-state index contributed by atoms with van der Waals surface area (Å²) < 4.78 is 5.87. The Bertz CT molecular complexity index is 713. The first kappa shape index (κ1) is 17.9. The van der Waals surface area contributed by atoms with Gasteiger partial charge in [0, 0.05) is 6.42 Å². The first-order valence-electron chi connectivity index (χ1n) is 7.91. The van der Waals surface area contributed by atoms with Gasteiger partial charge in [-0.05, 0) is 47.7 Å². The van der Waals surface area contributed by atoms with Gasteiger partial charge in [0.2, 0.25) is 5.60 Å². The van der Waals surface area contributed by atoms with Crippen molar-refractivity contribution in [2.75, 3.05) is 0 Å². The lowest BCUT2D eigenvalue weighted by Crippen LogP contribution is -2.43. The Hall–Kier alpha value is -2.49. The van der Waals surface area contributed by atoms with Crippen molar-refractivity contribution >= 4 is 5.97 Å². The summed E-state index contributed by atoms with van der Waals surface area (Å²) in [4.78, 5) is 11.8. The van der Waals surface area contributed by atoms with Crippen molar-refractivity contribution in [3.05, 3.63) is 59.7 Å². The van der Waals surface area contributed by atoms with Crippen LogP contribution >= 0.6 is 0 Å². The van der Waals surface area contributed by atoms with Crippen molar-refractivity contribution < 1.29 is 19.7 Å². The quantitative estimate of drug-likeness (QED) is 0.865. The summed E-state index contributed by atoms with van der Waals surface area (Å²) in [6.45, 7) is 7.85. The van der Waals surface area contributed by atoms with Gasteiger partial charge < -0.3 is 14.9 Å². The highest BCUT2D eigenvalue weighted by Gasteiger charge is 2.36. The second-order valence-corrected chi connectivity index (χ2v) is 7.26. The molecule has 0 fully saturated rings. The van der Waals surface area contributed by atoms with Crippen molar-refractivity contribution in [1.29, 1.82) is 0 Å². The third-order valence-corrected chi connectivity index (χ3v) is 3.97. The molecule has 128 valence electrons. The van der Waals surface area contributed by atoms with Crippen LogP contribution in [-0.4, -0.2) is 21.8 Å². The smallest absolute Gasteiger partial charge is 0.348 e. The van der Waals surface area contributed by atoms with Gasteiger partial charge in [0.05, 0.1) is 0 Å². The first-order valence-corrected chi connectivity index (χ1v) is 7.91. The molecule has 4 heteroatoms. The van der Waals surface area contributed by atoms with Gasteiger partial charge in [0.25, 0.3) is 0 Å². The Kier molecular flexibility index (Phi) is 4.88. The van der Waals surface area contributed by atoms with E-state index in [4.69, 9.17) is 4.74 Å². The molecule has 0 radical (unpaired) electrons. The maximum absolute atomic E-state index is 11.8. The lowest BCUT2D eigenvalue weighted by molar-refractivity contribution is -0.153. The van der Waals surface area contributed by atoms with Crippen molar-refractivity contribution in [2.24, 2.45) is 0 Å². The third kappa shape index (κ3) is 4.28. The van der Waals surface area contributed by atoms with Crippen LogP contribution in [0.3, 0.4) is 0 Å². The van der Waals surface area contributed by atoms with E-state index in [1.165, 1.54) is 12.1 Å². The molecule has 4 nitrogen and oxygen atoms in total. The fourth-order valence-corrected chi connectivity index (χ4v) is 2.44. The zero-order valence-corrected chi connectivity index (χ0v) is 14.5. The van der Waals surface area contributed by atoms with Crippen LogP contribution in [0.1, 0.15) is 38.8 Å². The van der Waals surface area contributed by atoms with Crippen LogP contribution in [0.4, 0.5) is 0 Å². The molecular weight excluding hydrogens is 304 g/mol. The molecular formula is C20H24O4.